The van der Waals surface area contributed by atoms with Gasteiger partial charge in [-0.05, 0) is 49.2 Å². The fourth-order valence-corrected chi connectivity index (χ4v) is 3.13. The summed E-state index contributed by atoms with van der Waals surface area (Å²) in [5.74, 6) is 0.825. The summed E-state index contributed by atoms with van der Waals surface area (Å²) in [6, 6.07) is 15.7. The van der Waals surface area contributed by atoms with E-state index in [-0.39, 0.29) is 12.4 Å². The van der Waals surface area contributed by atoms with Gasteiger partial charge in [-0.25, -0.2) is 0 Å². The molecule has 0 bridgehead atoms. The van der Waals surface area contributed by atoms with Crippen molar-refractivity contribution < 1.29 is 4.74 Å². The first-order chi connectivity index (χ1) is 12.2. The standard InChI is InChI=1S/C20H24ClN3O.ClH/c1-2-3-13-23-18-7-4-5-8-19(18)24(20(23)22)14-6-15-25-17-11-9-16(21)10-12-17;/h4-5,7-12,22H,2-3,6,13-15H2,1H3;1H. The average molecular weight is 394 g/mol. The van der Waals surface area contributed by atoms with Crippen LogP contribution in [0.5, 0.6) is 5.75 Å². The molecule has 0 unspecified atom stereocenters. The number of unbranched alkanes of at least 4 members (excludes halogenated alkanes) is 1. The molecule has 0 saturated heterocycles. The number of aromatic nitrogens is 2. The number of fused-ring (bicyclic) bond motifs is 1. The van der Waals surface area contributed by atoms with Gasteiger partial charge in [-0.3, -0.25) is 5.41 Å². The van der Waals surface area contributed by atoms with E-state index in [4.69, 9.17) is 21.7 Å². The lowest BCUT2D eigenvalue weighted by Gasteiger charge is -2.07. The van der Waals surface area contributed by atoms with Crippen LogP contribution in [0.1, 0.15) is 26.2 Å². The van der Waals surface area contributed by atoms with Crippen molar-refractivity contribution in [1.29, 1.82) is 5.41 Å². The van der Waals surface area contributed by atoms with E-state index in [0.29, 0.717) is 17.2 Å². The Morgan fingerprint density at radius 3 is 2.08 bits per heavy atom. The normalized spacial score (nSPS) is 10.7. The van der Waals surface area contributed by atoms with Gasteiger partial charge in [0.05, 0.1) is 17.6 Å². The van der Waals surface area contributed by atoms with Gasteiger partial charge in [-0.15, -0.1) is 12.4 Å². The lowest BCUT2D eigenvalue weighted by Crippen LogP contribution is -2.25. The van der Waals surface area contributed by atoms with Gasteiger partial charge < -0.3 is 13.9 Å². The van der Waals surface area contributed by atoms with E-state index >= 15 is 0 Å². The van der Waals surface area contributed by atoms with Gasteiger partial charge in [0.15, 0.2) is 0 Å². The SMILES string of the molecule is CCCCn1c(=N)n(CCCOc2ccc(Cl)cc2)c2ccccc21.Cl. The van der Waals surface area contributed by atoms with Crippen molar-refractivity contribution in [1.82, 2.24) is 9.13 Å². The van der Waals surface area contributed by atoms with Crippen molar-refractivity contribution >= 4 is 35.0 Å². The largest absolute Gasteiger partial charge is 0.494 e. The molecule has 4 nitrogen and oxygen atoms in total. The van der Waals surface area contributed by atoms with E-state index in [2.05, 4.69) is 28.2 Å². The Bertz CT molecular complexity index is 884. The maximum absolute atomic E-state index is 8.55. The summed E-state index contributed by atoms with van der Waals surface area (Å²) in [7, 11) is 0. The van der Waals surface area contributed by atoms with Crippen molar-refractivity contribution in [2.75, 3.05) is 6.61 Å². The molecular weight excluding hydrogens is 369 g/mol. The summed E-state index contributed by atoms with van der Waals surface area (Å²) >= 11 is 5.88. The van der Waals surface area contributed by atoms with Crippen LogP contribution in [-0.2, 0) is 13.1 Å². The molecule has 0 saturated carbocycles. The van der Waals surface area contributed by atoms with Crippen LogP contribution >= 0.6 is 24.0 Å². The van der Waals surface area contributed by atoms with Gasteiger partial charge in [-0.2, -0.15) is 0 Å². The van der Waals surface area contributed by atoms with Crippen molar-refractivity contribution in [3.63, 3.8) is 0 Å². The molecule has 0 amide bonds. The Hall–Kier alpha value is -1.91. The van der Waals surface area contributed by atoms with Gasteiger partial charge >= 0.3 is 0 Å². The number of halogens is 2. The lowest BCUT2D eigenvalue weighted by atomic mass is 10.3. The predicted octanol–water partition coefficient (Wildman–Crippen LogP) is 5.27. The van der Waals surface area contributed by atoms with Crippen molar-refractivity contribution in [3.8, 4) is 5.75 Å². The first-order valence-electron chi connectivity index (χ1n) is 8.81. The van der Waals surface area contributed by atoms with Crippen LogP contribution in [0, 0.1) is 5.41 Å². The third-order valence-corrected chi connectivity index (χ3v) is 4.57. The second-order valence-corrected chi connectivity index (χ2v) is 6.56. The molecule has 0 aliphatic rings. The highest BCUT2D eigenvalue weighted by Crippen LogP contribution is 2.16. The fraction of sp³-hybridized carbons (Fsp3) is 0.350. The first kappa shape index (κ1) is 20.4. The third kappa shape index (κ3) is 4.63. The molecule has 0 radical (unpaired) electrons. The number of rotatable bonds is 8. The second-order valence-electron chi connectivity index (χ2n) is 6.13. The Kier molecular flexibility index (Phi) is 7.61. The minimum atomic E-state index is 0. The Morgan fingerprint density at radius 1 is 0.923 bits per heavy atom. The minimum Gasteiger partial charge on any atom is -0.494 e. The monoisotopic (exact) mass is 393 g/mol. The number of aryl methyl sites for hydroxylation is 2. The van der Waals surface area contributed by atoms with E-state index in [1.807, 2.05) is 36.4 Å². The molecule has 0 fully saturated rings. The number of nitrogens with one attached hydrogen (secondary N) is 1. The average Bonchev–Trinajstić information content (AvgIpc) is 2.90. The first-order valence-corrected chi connectivity index (χ1v) is 9.19. The van der Waals surface area contributed by atoms with E-state index in [1.54, 1.807) is 0 Å². The zero-order chi connectivity index (χ0) is 17.6. The van der Waals surface area contributed by atoms with Crippen LogP contribution in [0.4, 0.5) is 0 Å². The lowest BCUT2D eigenvalue weighted by molar-refractivity contribution is 0.301. The molecule has 0 atom stereocenters. The summed E-state index contributed by atoms with van der Waals surface area (Å²) < 4.78 is 9.96. The second kappa shape index (κ2) is 9.70. The molecule has 1 N–H and O–H groups in total. The number of hydrogen-bond acceptors (Lipinski definition) is 2. The highest BCUT2D eigenvalue weighted by atomic mass is 35.5. The number of nitrogens with zero attached hydrogens (tertiary/aromatic N) is 2. The van der Waals surface area contributed by atoms with Gasteiger partial charge in [0.1, 0.15) is 5.75 Å². The van der Waals surface area contributed by atoms with Gasteiger partial charge in [0.2, 0.25) is 5.62 Å². The van der Waals surface area contributed by atoms with Crippen LogP contribution < -0.4 is 10.4 Å². The molecule has 6 heteroatoms. The molecule has 140 valence electrons. The van der Waals surface area contributed by atoms with Crippen LogP contribution in [0.3, 0.4) is 0 Å². The van der Waals surface area contributed by atoms with Crippen molar-refractivity contribution in [2.24, 2.45) is 0 Å². The number of ether oxygens (including phenoxy) is 1. The maximum atomic E-state index is 8.55. The molecule has 2 aromatic carbocycles. The van der Waals surface area contributed by atoms with Crippen molar-refractivity contribution in [2.45, 2.75) is 39.3 Å². The number of benzene rings is 2. The molecule has 0 aliphatic carbocycles. The quantitative estimate of drug-likeness (QED) is 0.520. The van der Waals surface area contributed by atoms with E-state index in [9.17, 15) is 0 Å². The zero-order valence-electron chi connectivity index (χ0n) is 15.0. The summed E-state index contributed by atoms with van der Waals surface area (Å²) in [4.78, 5) is 0. The molecule has 1 heterocycles. The Balaban J connectivity index is 0.00000243. The van der Waals surface area contributed by atoms with Crippen LogP contribution in [-0.4, -0.2) is 15.7 Å². The third-order valence-electron chi connectivity index (χ3n) is 4.32. The van der Waals surface area contributed by atoms with Crippen LogP contribution in [0.15, 0.2) is 48.5 Å². The van der Waals surface area contributed by atoms with E-state index in [1.165, 1.54) is 0 Å². The zero-order valence-corrected chi connectivity index (χ0v) is 16.5. The van der Waals surface area contributed by atoms with Crippen molar-refractivity contribution in [3.05, 3.63) is 59.2 Å². The minimum absolute atomic E-state index is 0. The topological polar surface area (TPSA) is 42.9 Å². The summed E-state index contributed by atoms with van der Waals surface area (Å²) in [5, 5.41) is 9.26. The van der Waals surface area contributed by atoms with Gasteiger partial charge in [0, 0.05) is 18.1 Å². The molecule has 0 spiro atoms. The smallest absolute Gasteiger partial charge is 0.202 e. The van der Waals surface area contributed by atoms with E-state index < -0.39 is 0 Å². The van der Waals surface area contributed by atoms with Gasteiger partial charge in [0.25, 0.3) is 0 Å². The number of para-hydroxylation sites is 2. The van der Waals surface area contributed by atoms with Crippen LogP contribution in [0.25, 0.3) is 11.0 Å². The highest BCUT2D eigenvalue weighted by molar-refractivity contribution is 6.30. The van der Waals surface area contributed by atoms with Gasteiger partial charge in [-0.1, -0.05) is 37.1 Å². The molecule has 1 aromatic heterocycles. The predicted molar refractivity (Wildman–Crippen MR) is 110 cm³/mol. The summed E-state index contributed by atoms with van der Waals surface area (Å²) in [6.45, 7) is 4.45. The molecular formula is C20H25Cl2N3O. The molecule has 0 aliphatic heterocycles. The Morgan fingerprint density at radius 2 is 1.50 bits per heavy atom. The number of hydrogen-bond donors (Lipinski definition) is 1. The fourth-order valence-electron chi connectivity index (χ4n) is 3.01. The molecule has 3 rings (SSSR count). The number of imidazole rings is 1. The molecule has 26 heavy (non-hydrogen) atoms. The highest BCUT2D eigenvalue weighted by Gasteiger charge is 2.09. The van der Waals surface area contributed by atoms with Crippen LogP contribution in [0.2, 0.25) is 5.02 Å². The summed E-state index contributed by atoms with van der Waals surface area (Å²) in [6.07, 6.45) is 3.06. The van der Waals surface area contributed by atoms with E-state index in [0.717, 1.165) is 49.1 Å². The summed E-state index contributed by atoms with van der Waals surface area (Å²) in [5.41, 5.74) is 2.83. The molecule has 3 aromatic rings. The Labute approximate surface area is 165 Å². The maximum Gasteiger partial charge on any atom is 0.202 e.